The largest absolute Gasteiger partial charge is 0.452 e. The van der Waals surface area contributed by atoms with Crippen LogP contribution in [0.3, 0.4) is 0 Å². The van der Waals surface area contributed by atoms with Gasteiger partial charge in [-0.3, -0.25) is 14.9 Å². The first kappa shape index (κ1) is 20.8. The second-order valence-electron chi connectivity index (χ2n) is 6.25. The number of rotatable bonds is 9. The number of amides is 1. The summed E-state index contributed by atoms with van der Waals surface area (Å²) in [5, 5.41) is 13.7. The van der Waals surface area contributed by atoms with E-state index in [-0.39, 0.29) is 17.3 Å². The fourth-order valence-electron chi connectivity index (χ4n) is 2.55. The van der Waals surface area contributed by atoms with Crippen LogP contribution in [0.4, 0.5) is 5.69 Å². The summed E-state index contributed by atoms with van der Waals surface area (Å²) in [5.41, 5.74) is 1.36. The quantitative estimate of drug-likeness (QED) is 0.311. The fourth-order valence-corrected chi connectivity index (χ4v) is 2.55. The topological polar surface area (TPSA) is 98.5 Å². The number of hydrogen-bond donors (Lipinski definition) is 1. The normalized spacial score (nSPS) is 11.8. The average Bonchev–Trinajstić information content (AvgIpc) is 2.70. The monoisotopic (exact) mass is 382 g/mol. The number of esters is 1. The minimum Gasteiger partial charge on any atom is -0.452 e. The van der Waals surface area contributed by atoms with Crippen LogP contribution in [0.15, 0.2) is 60.7 Å². The fraction of sp³-hybridized carbons (Fsp3) is 0.238. The highest BCUT2D eigenvalue weighted by atomic mass is 16.6. The summed E-state index contributed by atoms with van der Waals surface area (Å²) < 4.78 is 4.88. The number of hydrogen-bond acceptors (Lipinski definition) is 5. The average molecular weight is 382 g/mol. The number of carbonyl (C=O) groups excluding carboxylic acids is 2. The van der Waals surface area contributed by atoms with E-state index in [9.17, 15) is 19.7 Å². The van der Waals surface area contributed by atoms with E-state index in [4.69, 9.17) is 4.74 Å². The van der Waals surface area contributed by atoms with E-state index in [1.165, 1.54) is 29.8 Å². The van der Waals surface area contributed by atoms with E-state index in [1.54, 1.807) is 6.07 Å². The third kappa shape index (κ3) is 7.03. The Labute approximate surface area is 163 Å². The lowest BCUT2D eigenvalue weighted by atomic mass is 10.1. The van der Waals surface area contributed by atoms with Gasteiger partial charge in [0.1, 0.15) is 0 Å². The lowest BCUT2D eigenvalue weighted by molar-refractivity contribution is -0.385. The van der Waals surface area contributed by atoms with Crippen molar-refractivity contribution in [2.75, 3.05) is 6.61 Å². The van der Waals surface area contributed by atoms with E-state index in [0.717, 1.165) is 18.9 Å². The third-order valence-corrected chi connectivity index (χ3v) is 3.99. The van der Waals surface area contributed by atoms with Crippen LogP contribution in [0.5, 0.6) is 0 Å². The summed E-state index contributed by atoms with van der Waals surface area (Å²) >= 11 is 0. The molecular formula is C21H22N2O5. The molecule has 0 unspecified atom stereocenters. The van der Waals surface area contributed by atoms with Crippen LogP contribution in [-0.2, 0) is 20.7 Å². The van der Waals surface area contributed by atoms with Gasteiger partial charge < -0.3 is 10.1 Å². The van der Waals surface area contributed by atoms with E-state index in [1.807, 2.05) is 37.3 Å². The first-order chi connectivity index (χ1) is 13.5. The van der Waals surface area contributed by atoms with Gasteiger partial charge in [0.15, 0.2) is 6.61 Å². The minimum absolute atomic E-state index is 0.0612. The van der Waals surface area contributed by atoms with Crippen molar-refractivity contribution in [2.24, 2.45) is 0 Å². The van der Waals surface area contributed by atoms with Crippen molar-refractivity contribution in [2.45, 2.75) is 25.8 Å². The van der Waals surface area contributed by atoms with E-state index < -0.39 is 23.4 Å². The molecule has 2 aromatic rings. The smallest absolute Gasteiger partial charge is 0.331 e. The molecule has 0 saturated heterocycles. The van der Waals surface area contributed by atoms with Gasteiger partial charge in [0.2, 0.25) is 0 Å². The summed E-state index contributed by atoms with van der Waals surface area (Å²) in [4.78, 5) is 34.0. The molecule has 0 aliphatic carbocycles. The molecule has 0 aliphatic heterocycles. The van der Waals surface area contributed by atoms with Crippen molar-refractivity contribution < 1.29 is 19.2 Å². The zero-order valence-corrected chi connectivity index (χ0v) is 15.5. The Morgan fingerprint density at radius 3 is 2.54 bits per heavy atom. The van der Waals surface area contributed by atoms with E-state index >= 15 is 0 Å². The first-order valence-electron chi connectivity index (χ1n) is 8.87. The Morgan fingerprint density at radius 1 is 1.14 bits per heavy atom. The number of nitrogens with zero attached hydrogens (tertiary/aromatic N) is 1. The number of aryl methyl sites for hydroxylation is 1. The Bertz CT molecular complexity index is 849. The number of benzene rings is 2. The predicted octanol–water partition coefficient (Wildman–Crippen LogP) is 3.29. The van der Waals surface area contributed by atoms with Crippen LogP contribution in [0.1, 0.15) is 24.5 Å². The molecule has 0 saturated carbocycles. The summed E-state index contributed by atoms with van der Waals surface area (Å²) in [6.07, 6.45) is 3.96. The van der Waals surface area contributed by atoms with E-state index in [0.29, 0.717) is 0 Å². The standard InChI is InChI=1S/C21H22N2O5/c1-16(11-12-17-7-3-2-4-8-17)22-20(24)15-28-21(25)14-13-18-9-5-6-10-19(18)23(26)27/h2-10,13-14,16H,11-12,15H2,1H3,(H,22,24)/b14-13+/t16-/m0/s1. The van der Waals surface area contributed by atoms with Gasteiger partial charge in [0, 0.05) is 18.2 Å². The van der Waals surface area contributed by atoms with Crippen LogP contribution in [0.2, 0.25) is 0 Å². The molecule has 28 heavy (non-hydrogen) atoms. The van der Waals surface area contributed by atoms with Crippen molar-refractivity contribution in [3.63, 3.8) is 0 Å². The molecule has 0 aromatic heterocycles. The molecule has 2 rings (SSSR count). The van der Waals surface area contributed by atoms with Crippen LogP contribution in [-0.4, -0.2) is 29.4 Å². The van der Waals surface area contributed by atoms with Gasteiger partial charge in [-0.15, -0.1) is 0 Å². The molecule has 146 valence electrons. The number of para-hydroxylation sites is 1. The van der Waals surface area contributed by atoms with Crippen LogP contribution in [0.25, 0.3) is 6.08 Å². The van der Waals surface area contributed by atoms with Crippen LogP contribution < -0.4 is 5.32 Å². The molecule has 1 atom stereocenters. The van der Waals surface area contributed by atoms with Crippen molar-refractivity contribution in [3.8, 4) is 0 Å². The molecule has 0 fully saturated rings. The zero-order chi connectivity index (χ0) is 20.4. The third-order valence-electron chi connectivity index (χ3n) is 3.99. The SMILES string of the molecule is C[C@@H](CCc1ccccc1)NC(=O)COC(=O)/C=C/c1ccccc1[N+](=O)[O-]. The summed E-state index contributed by atoms with van der Waals surface area (Å²) in [6.45, 7) is 1.48. The second-order valence-corrected chi connectivity index (χ2v) is 6.25. The first-order valence-corrected chi connectivity index (χ1v) is 8.87. The predicted molar refractivity (Wildman–Crippen MR) is 105 cm³/mol. The maximum Gasteiger partial charge on any atom is 0.331 e. The van der Waals surface area contributed by atoms with Gasteiger partial charge in [0.25, 0.3) is 11.6 Å². The lowest BCUT2D eigenvalue weighted by Crippen LogP contribution is -2.36. The van der Waals surface area contributed by atoms with Crippen molar-refractivity contribution in [3.05, 3.63) is 81.9 Å². The molecule has 1 amide bonds. The van der Waals surface area contributed by atoms with Crippen LogP contribution in [0, 0.1) is 10.1 Å². The van der Waals surface area contributed by atoms with Crippen molar-refractivity contribution in [1.29, 1.82) is 0 Å². The molecule has 7 heteroatoms. The Hall–Kier alpha value is -3.48. The van der Waals surface area contributed by atoms with Gasteiger partial charge in [0.05, 0.1) is 10.5 Å². The maximum atomic E-state index is 11.9. The number of ether oxygens (including phenoxy) is 1. The second kappa shape index (κ2) is 10.6. The maximum absolute atomic E-state index is 11.9. The molecule has 2 aromatic carbocycles. The number of carbonyl (C=O) groups is 2. The van der Waals surface area contributed by atoms with E-state index in [2.05, 4.69) is 5.32 Å². The lowest BCUT2D eigenvalue weighted by Gasteiger charge is -2.13. The number of nitrogens with one attached hydrogen (secondary N) is 1. The summed E-state index contributed by atoms with van der Waals surface area (Å²) in [5.74, 6) is -1.14. The Morgan fingerprint density at radius 2 is 1.82 bits per heavy atom. The van der Waals surface area contributed by atoms with Crippen molar-refractivity contribution >= 4 is 23.6 Å². The highest BCUT2D eigenvalue weighted by Gasteiger charge is 2.12. The Balaban J connectivity index is 1.74. The molecular weight excluding hydrogens is 360 g/mol. The molecule has 0 radical (unpaired) electrons. The molecule has 0 aliphatic rings. The van der Waals surface area contributed by atoms with Gasteiger partial charge >= 0.3 is 5.97 Å². The highest BCUT2D eigenvalue weighted by Crippen LogP contribution is 2.18. The van der Waals surface area contributed by atoms with Gasteiger partial charge in [-0.05, 0) is 37.5 Å². The highest BCUT2D eigenvalue weighted by molar-refractivity contribution is 5.89. The summed E-state index contributed by atoms with van der Waals surface area (Å²) in [7, 11) is 0. The molecule has 0 bridgehead atoms. The molecule has 1 N–H and O–H groups in total. The summed E-state index contributed by atoms with van der Waals surface area (Å²) in [6, 6.07) is 15.9. The van der Waals surface area contributed by atoms with Gasteiger partial charge in [-0.25, -0.2) is 4.79 Å². The number of nitro groups is 1. The molecule has 7 nitrogen and oxygen atoms in total. The van der Waals surface area contributed by atoms with Gasteiger partial charge in [-0.1, -0.05) is 42.5 Å². The van der Waals surface area contributed by atoms with Gasteiger partial charge in [-0.2, -0.15) is 0 Å². The zero-order valence-electron chi connectivity index (χ0n) is 15.5. The van der Waals surface area contributed by atoms with Crippen LogP contribution >= 0.6 is 0 Å². The molecule has 0 spiro atoms. The van der Waals surface area contributed by atoms with Crippen molar-refractivity contribution in [1.82, 2.24) is 5.32 Å². The minimum atomic E-state index is -0.745. The number of nitro benzene ring substituents is 1. The molecule has 0 heterocycles. The Kier molecular flexibility index (Phi) is 7.90.